The molecule has 4 nitrogen and oxygen atoms in total. The van der Waals surface area contributed by atoms with Crippen molar-refractivity contribution in [3.05, 3.63) is 45.5 Å². The molecule has 24 heavy (non-hydrogen) atoms. The van der Waals surface area contributed by atoms with E-state index in [-0.39, 0.29) is 26.6 Å². The first kappa shape index (κ1) is 20.5. The van der Waals surface area contributed by atoms with E-state index >= 15 is 0 Å². The van der Waals surface area contributed by atoms with Gasteiger partial charge in [0.1, 0.15) is 5.01 Å². The van der Waals surface area contributed by atoms with E-state index in [1.54, 1.807) is 24.3 Å². The Morgan fingerprint density at radius 3 is 2.67 bits per heavy atom. The SMILES string of the molecule is CCO.CNc1ccc(-c2nc3c(s2)=CCC(O)=CC=3)cc1C.[HH].[V]. The maximum atomic E-state index is 9.53. The number of aromatic nitrogens is 1. The number of anilines is 1. The molecule has 6 heteroatoms. The van der Waals surface area contributed by atoms with Crippen molar-refractivity contribution in [2.75, 3.05) is 19.0 Å². The van der Waals surface area contributed by atoms with Crippen LogP contribution in [-0.2, 0) is 18.6 Å². The Balaban J connectivity index is 0.00000108. The number of fused-ring (bicyclic) bond motifs is 1. The van der Waals surface area contributed by atoms with Crippen LogP contribution in [0.25, 0.3) is 22.7 Å². The predicted molar refractivity (Wildman–Crippen MR) is 100 cm³/mol. The van der Waals surface area contributed by atoms with Gasteiger partial charge >= 0.3 is 0 Å². The van der Waals surface area contributed by atoms with Crippen LogP contribution in [0.2, 0.25) is 0 Å². The normalized spacial score (nSPS) is 12.1. The maximum absolute atomic E-state index is 9.53. The molecule has 1 heterocycles. The summed E-state index contributed by atoms with van der Waals surface area (Å²) in [5, 5.41) is 22.2. The molecule has 1 aliphatic carbocycles. The zero-order valence-electron chi connectivity index (χ0n) is 14.1. The zero-order valence-corrected chi connectivity index (χ0v) is 16.3. The van der Waals surface area contributed by atoms with Crippen molar-refractivity contribution in [2.45, 2.75) is 20.3 Å². The van der Waals surface area contributed by atoms with E-state index in [2.05, 4.69) is 35.4 Å². The Morgan fingerprint density at radius 2 is 2.04 bits per heavy atom. The number of nitrogens with zero attached hydrogens (tertiary/aromatic N) is 1. The molecule has 0 aliphatic heterocycles. The van der Waals surface area contributed by atoms with Crippen LogP contribution in [0, 0.1) is 6.92 Å². The van der Waals surface area contributed by atoms with Gasteiger partial charge < -0.3 is 15.5 Å². The monoisotopic (exact) mass is 383 g/mol. The first-order valence-electron chi connectivity index (χ1n) is 7.55. The molecule has 0 saturated carbocycles. The van der Waals surface area contributed by atoms with Gasteiger partial charge in [0.15, 0.2) is 0 Å². The molecule has 0 atom stereocenters. The average molecular weight is 383 g/mol. The first-order chi connectivity index (χ1) is 11.1. The Hall–Kier alpha value is -1.53. The largest absolute Gasteiger partial charge is 0.512 e. The third-order valence-electron chi connectivity index (χ3n) is 3.35. The molecule has 0 fully saturated rings. The summed E-state index contributed by atoms with van der Waals surface area (Å²) in [5.41, 5.74) is 3.48. The van der Waals surface area contributed by atoms with Gasteiger partial charge in [-0.15, -0.1) is 11.3 Å². The predicted octanol–water partition coefficient (Wildman–Crippen LogP) is 2.81. The number of rotatable bonds is 2. The summed E-state index contributed by atoms with van der Waals surface area (Å²) in [5.74, 6) is 0.381. The average Bonchev–Trinajstić information content (AvgIpc) is 2.87. The first-order valence-corrected chi connectivity index (χ1v) is 8.37. The Kier molecular flexibility index (Phi) is 8.29. The van der Waals surface area contributed by atoms with E-state index in [4.69, 9.17) is 5.11 Å². The van der Waals surface area contributed by atoms with Gasteiger partial charge in [-0.05, 0) is 49.8 Å². The maximum Gasteiger partial charge on any atom is 0.124 e. The van der Waals surface area contributed by atoms with E-state index < -0.39 is 0 Å². The zero-order chi connectivity index (χ0) is 16.8. The van der Waals surface area contributed by atoms with Crippen molar-refractivity contribution >= 4 is 29.2 Å². The third-order valence-corrected chi connectivity index (χ3v) is 4.47. The molecule has 2 aromatic rings. The fourth-order valence-corrected chi connectivity index (χ4v) is 3.23. The second kappa shape index (κ2) is 9.69. The van der Waals surface area contributed by atoms with Gasteiger partial charge in [0.2, 0.25) is 0 Å². The van der Waals surface area contributed by atoms with E-state index in [1.807, 2.05) is 19.2 Å². The van der Waals surface area contributed by atoms with Gasteiger partial charge in [0.25, 0.3) is 0 Å². The molecule has 3 N–H and O–H groups in total. The second-order valence-corrected chi connectivity index (χ2v) is 6.13. The number of nitrogens with one attached hydrogen (secondary N) is 1. The number of aliphatic hydroxyl groups excluding tert-OH is 2. The summed E-state index contributed by atoms with van der Waals surface area (Å²) in [4.78, 5) is 4.67. The summed E-state index contributed by atoms with van der Waals surface area (Å²) < 4.78 is 1.12. The number of aliphatic hydroxyl groups is 2. The summed E-state index contributed by atoms with van der Waals surface area (Å²) in [6.45, 7) is 4.02. The van der Waals surface area contributed by atoms with Crippen LogP contribution in [-0.4, -0.2) is 28.9 Å². The Bertz CT molecular complexity index is 834. The molecule has 0 saturated heterocycles. The molecule has 0 bridgehead atoms. The fraction of sp³-hybridized carbons (Fsp3) is 0.278. The number of benzene rings is 1. The number of allylic oxidation sites excluding steroid dienone is 2. The molecule has 129 valence electrons. The Labute approximate surface area is 159 Å². The molecule has 0 spiro atoms. The minimum atomic E-state index is 0. The van der Waals surface area contributed by atoms with Crippen molar-refractivity contribution < 1.29 is 30.2 Å². The van der Waals surface area contributed by atoms with Gasteiger partial charge in [-0.25, -0.2) is 4.98 Å². The fourth-order valence-electron chi connectivity index (χ4n) is 2.25. The summed E-state index contributed by atoms with van der Waals surface area (Å²) in [6.07, 6.45) is 6.20. The molecule has 1 radical (unpaired) electrons. The van der Waals surface area contributed by atoms with Crippen LogP contribution in [0.5, 0.6) is 0 Å². The molecule has 1 aromatic carbocycles. The van der Waals surface area contributed by atoms with Crippen LogP contribution in [0.4, 0.5) is 5.69 Å². The minimum absolute atomic E-state index is 0. The van der Waals surface area contributed by atoms with Crippen molar-refractivity contribution in [2.24, 2.45) is 0 Å². The number of thiazole rings is 1. The van der Waals surface area contributed by atoms with Crippen molar-refractivity contribution in [1.29, 1.82) is 0 Å². The molecule has 1 aromatic heterocycles. The molecule has 1 aliphatic rings. The molecule has 0 amide bonds. The number of hydrogen-bond donors (Lipinski definition) is 3. The van der Waals surface area contributed by atoms with Crippen LogP contribution in [0.15, 0.2) is 30.0 Å². The Morgan fingerprint density at radius 1 is 1.33 bits per heavy atom. The molecule has 3 rings (SSSR count). The quantitative estimate of drug-likeness (QED) is 0.746. The van der Waals surface area contributed by atoms with Crippen molar-refractivity contribution in [1.82, 2.24) is 4.98 Å². The molecule has 0 unspecified atom stereocenters. The summed E-state index contributed by atoms with van der Waals surface area (Å²) in [6, 6.07) is 6.32. The van der Waals surface area contributed by atoms with E-state index in [0.717, 1.165) is 26.1 Å². The van der Waals surface area contributed by atoms with Crippen LogP contribution >= 0.6 is 11.3 Å². The second-order valence-electron chi connectivity index (χ2n) is 5.10. The van der Waals surface area contributed by atoms with Gasteiger partial charge in [-0.3, -0.25) is 0 Å². The number of aryl methyl sites for hydroxylation is 1. The van der Waals surface area contributed by atoms with Crippen molar-refractivity contribution in [3.63, 3.8) is 0 Å². The van der Waals surface area contributed by atoms with Crippen molar-refractivity contribution in [3.8, 4) is 10.6 Å². The van der Waals surface area contributed by atoms with Crippen LogP contribution in [0.1, 0.15) is 20.3 Å². The minimum Gasteiger partial charge on any atom is -0.512 e. The molecular weight excluding hydrogens is 359 g/mol. The number of hydrogen-bond acceptors (Lipinski definition) is 5. The van der Waals surface area contributed by atoms with E-state index in [1.165, 1.54) is 5.56 Å². The topological polar surface area (TPSA) is 65.4 Å². The van der Waals surface area contributed by atoms with E-state index in [0.29, 0.717) is 12.2 Å². The van der Waals surface area contributed by atoms with Crippen LogP contribution in [0.3, 0.4) is 0 Å². The van der Waals surface area contributed by atoms with Gasteiger partial charge in [0.05, 0.1) is 15.6 Å². The molecular formula is C18H24N2O2SV. The van der Waals surface area contributed by atoms with Crippen LogP contribution < -0.4 is 15.2 Å². The summed E-state index contributed by atoms with van der Waals surface area (Å²) >= 11 is 1.66. The standard InChI is InChI=1S/C16H16N2OS.C2H6O.V.H2/c1-10-9-11(3-6-13(10)17-2)16-18-14-7-4-12(19)5-8-15(14)20-16;1-2-3;;/h3-4,6-9,17,19H,5H2,1-2H3;3H,2H2,1H3;;1H. The van der Waals surface area contributed by atoms with Gasteiger partial charge in [-0.1, -0.05) is 6.08 Å². The summed E-state index contributed by atoms with van der Waals surface area (Å²) in [7, 11) is 1.93. The van der Waals surface area contributed by atoms with Gasteiger partial charge in [-0.2, -0.15) is 0 Å². The van der Waals surface area contributed by atoms with Gasteiger partial charge in [0, 0.05) is 51.3 Å². The smallest absolute Gasteiger partial charge is 0.124 e. The van der Waals surface area contributed by atoms with E-state index in [9.17, 15) is 5.11 Å². The third kappa shape index (κ3) is 4.98.